The zero-order valence-electron chi connectivity index (χ0n) is 9.57. The minimum absolute atomic E-state index is 0.0655. The number of hydrogen-bond acceptors (Lipinski definition) is 3. The second-order valence-corrected chi connectivity index (χ2v) is 3.71. The molecule has 1 rings (SSSR count). The molecule has 0 bridgehead atoms. The highest BCUT2D eigenvalue weighted by molar-refractivity contribution is 5.39. The molecule has 0 saturated carbocycles. The Bertz CT molecular complexity index is 284. The Hall–Kier alpha value is -1.06. The van der Waals surface area contributed by atoms with E-state index in [4.69, 9.17) is 15.2 Å². The predicted molar refractivity (Wildman–Crippen MR) is 61.7 cm³/mol. The van der Waals surface area contributed by atoms with Gasteiger partial charge in [-0.05, 0) is 31.5 Å². The van der Waals surface area contributed by atoms with Gasteiger partial charge in [0.05, 0.1) is 18.8 Å². The van der Waals surface area contributed by atoms with Gasteiger partial charge in [0.25, 0.3) is 0 Å². The van der Waals surface area contributed by atoms with Crippen molar-refractivity contribution >= 4 is 5.69 Å². The molecule has 3 heteroatoms. The molecule has 0 aliphatic rings. The second-order valence-electron chi connectivity index (χ2n) is 3.71. The summed E-state index contributed by atoms with van der Waals surface area (Å²) in [5, 5.41) is 0. The lowest BCUT2D eigenvalue weighted by molar-refractivity contribution is -0.0323. The number of benzene rings is 1. The van der Waals surface area contributed by atoms with Gasteiger partial charge in [0.15, 0.2) is 0 Å². The molecule has 0 spiro atoms. The quantitative estimate of drug-likeness (QED) is 0.757. The van der Waals surface area contributed by atoms with Crippen LogP contribution in [0.3, 0.4) is 0 Å². The fourth-order valence-corrected chi connectivity index (χ4v) is 1.47. The van der Waals surface area contributed by atoms with Crippen molar-refractivity contribution in [1.29, 1.82) is 0 Å². The van der Waals surface area contributed by atoms with Crippen molar-refractivity contribution in [3.05, 3.63) is 29.8 Å². The number of nitrogen functional groups attached to an aromatic ring is 1. The van der Waals surface area contributed by atoms with Crippen LogP contribution in [0.25, 0.3) is 0 Å². The molecular weight excluding hydrogens is 190 g/mol. The first-order valence-electron chi connectivity index (χ1n) is 5.13. The maximum absolute atomic E-state index is 5.75. The Morgan fingerprint density at radius 2 is 1.80 bits per heavy atom. The molecule has 0 radical (unpaired) electrons. The molecule has 0 aromatic heterocycles. The minimum Gasteiger partial charge on any atom is -0.399 e. The Kier molecular flexibility index (Phi) is 4.59. The summed E-state index contributed by atoms with van der Waals surface area (Å²) in [7, 11) is 1.67. The maximum atomic E-state index is 5.75. The average molecular weight is 209 g/mol. The lowest BCUT2D eigenvalue weighted by atomic mass is 10.1. The molecule has 0 aliphatic carbocycles. The molecule has 3 nitrogen and oxygen atoms in total. The lowest BCUT2D eigenvalue weighted by Crippen LogP contribution is -2.17. The van der Waals surface area contributed by atoms with Crippen LogP contribution in [0.1, 0.15) is 25.5 Å². The summed E-state index contributed by atoms with van der Waals surface area (Å²) < 4.78 is 10.8. The van der Waals surface area contributed by atoms with Crippen molar-refractivity contribution in [3.63, 3.8) is 0 Å². The molecule has 2 atom stereocenters. The van der Waals surface area contributed by atoms with Gasteiger partial charge >= 0.3 is 0 Å². The normalized spacial score (nSPS) is 14.9. The number of hydrogen-bond donors (Lipinski definition) is 1. The van der Waals surface area contributed by atoms with Crippen molar-refractivity contribution in [2.45, 2.75) is 26.1 Å². The van der Waals surface area contributed by atoms with Crippen molar-refractivity contribution in [1.82, 2.24) is 0 Å². The van der Waals surface area contributed by atoms with Gasteiger partial charge in [-0.2, -0.15) is 0 Å². The zero-order valence-corrected chi connectivity index (χ0v) is 9.57. The number of nitrogens with two attached hydrogens (primary N) is 1. The summed E-state index contributed by atoms with van der Waals surface area (Å²) >= 11 is 0. The molecule has 0 saturated heterocycles. The summed E-state index contributed by atoms with van der Waals surface area (Å²) in [6.07, 6.45) is 0.165. The average Bonchev–Trinajstić information content (AvgIpc) is 2.18. The molecule has 2 unspecified atom stereocenters. The standard InChI is InChI=1S/C12H19NO2/c1-9(8-14-3)15-10(2)11-4-6-12(13)7-5-11/h4-7,9-10H,8,13H2,1-3H3. The SMILES string of the molecule is COCC(C)OC(C)c1ccc(N)cc1. The lowest BCUT2D eigenvalue weighted by Gasteiger charge is -2.18. The van der Waals surface area contributed by atoms with Gasteiger partial charge in [-0.1, -0.05) is 12.1 Å². The first-order valence-corrected chi connectivity index (χ1v) is 5.13. The molecular formula is C12H19NO2. The highest BCUT2D eigenvalue weighted by Gasteiger charge is 2.10. The van der Waals surface area contributed by atoms with Crippen LogP contribution in [0, 0.1) is 0 Å². The van der Waals surface area contributed by atoms with Crippen LogP contribution in [-0.4, -0.2) is 19.8 Å². The Balaban J connectivity index is 2.53. The molecule has 84 valence electrons. The van der Waals surface area contributed by atoms with E-state index in [0.29, 0.717) is 6.61 Å². The van der Waals surface area contributed by atoms with Gasteiger partial charge in [-0.3, -0.25) is 0 Å². The van der Waals surface area contributed by atoms with Crippen molar-refractivity contribution in [3.8, 4) is 0 Å². The van der Waals surface area contributed by atoms with Crippen LogP contribution in [-0.2, 0) is 9.47 Å². The first kappa shape index (κ1) is 12.0. The van der Waals surface area contributed by atoms with Crippen LogP contribution >= 0.6 is 0 Å². The van der Waals surface area contributed by atoms with Gasteiger partial charge in [0.2, 0.25) is 0 Å². The Labute approximate surface area is 91.2 Å². The molecule has 0 amide bonds. The van der Waals surface area contributed by atoms with Crippen LogP contribution in [0.15, 0.2) is 24.3 Å². The van der Waals surface area contributed by atoms with E-state index in [9.17, 15) is 0 Å². The molecule has 2 N–H and O–H groups in total. The zero-order chi connectivity index (χ0) is 11.3. The number of rotatable bonds is 5. The third-order valence-electron chi connectivity index (χ3n) is 2.24. The van der Waals surface area contributed by atoms with Gasteiger partial charge in [0.1, 0.15) is 0 Å². The third-order valence-corrected chi connectivity index (χ3v) is 2.24. The smallest absolute Gasteiger partial charge is 0.0801 e. The van der Waals surface area contributed by atoms with Gasteiger partial charge in [0, 0.05) is 12.8 Å². The third kappa shape index (κ3) is 3.90. The summed E-state index contributed by atoms with van der Waals surface area (Å²) in [5.74, 6) is 0. The topological polar surface area (TPSA) is 44.5 Å². The van der Waals surface area contributed by atoms with Crippen LogP contribution < -0.4 is 5.73 Å². The van der Waals surface area contributed by atoms with E-state index in [1.165, 1.54) is 0 Å². The van der Waals surface area contributed by atoms with Crippen LogP contribution in [0.2, 0.25) is 0 Å². The molecule has 0 fully saturated rings. The first-order chi connectivity index (χ1) is 7.13. The number of anilines is 1. The Morgan fingerprint density at radius 3 is 2.33 bits per heavy atom. The highest BCUT2D eigenvalue weighted by atomic mass is 16.5. The predicted octanol–water partition coefficient (Wildman–Crippen LogP) is 2.38. The van der Waals surface area contributed by atoms with E-state index in [1.807, 2.05) is 38.1 Å². The van der Waals surface area contributed by atoms with Crippen molar-refractivity contribution in [2.75, 3.05) is 19.5 Å². The summed E-state index contributed by atoms with van der Waals surface area (Å²) in [4.78, 5) is 0. The van der Waals surface area contributed by atoms with E-state index in [2.05, 4.69) is 0 Å². The summed E-state index contributed by atoms with van der Waals surface area (Å²) in [6.45, 7) is 4.63. The molecule has 0 heterocycles. The molecule has 1 aromatic carbocycles. The van der Waals surface area contributed by atoms with E-state index >= 15 is 0 Å². The fourth-order valence-electron chi connectivity index (χ4n) is 1.47. The number of methoxy groups -OCH3 is 1. The molecule has 0 aliphatic heterocycles. The van der Waals surface area contributed by atoms with Gasteiger partial charge < -0.3 is 15.2 Å². The molecule has 15 heavy (non-hydrogen) atoms. The van der Waals surface area contributed by atoms with Crippen molar-refractivity contribution < 1.29 is 9.47 Å². The summed E-state index contributed by atoms with van der Waals surface area (Å²) in [5.41, 5.74) is 7.52. The highest BCUT2D eigenvalue weighted by Crippen LogP contribution is 2.19. The van der Waals surface area contributed by atoms with E-state index in [1.54, 1.807) is 7.11 Å². The van der Waals surface area contributed by atoms with Gasteiger partial charge in [-0.15, -0.1) is 0 Å². The largest absolute Gasteiger partial charge is 0.399 e. The minimum atomic E-state index is 0.0655. The van der Waals surface area contributed by atoms with Gasteiger partial charge in [-0.25, -0.2) is 0 Å². The monoisotopic (exact) mass is 209 g/mol. The van der Waals surface area contributed by atoms with Crippen LogP contribution in [0.5, 0.6) is 0 Å². The Morgan fingerprint density at radius 1 is 1.20 bits per heavy atom. The van der Waals surface area contributed by atoms with E-state index in [-0.39, 0.29) is 12.2 Å². The van der Waals surface area contributed by atoms with Crippen molar-refractivity contribution in [2.24, 2.45) is 0 Å². The maximum Gasteiger partial charge on any atom is 0.0801 e. The molecule has 1 aromatic rings. The van der Waals surface area contributed by atoms with E-state index in [0.717, 1.165) is 11.3 Å². The van der Waals surface area contributed by atoms with Crippen LogP contribution in [0.4, 0.5) is 5.69 Å². The fraction of sp³-hybridized carbons (Fsp3) is 0.500. The second kappa shape index (κ2) is 5.73. The summed E-state index contributed by atoms with van der Waals surface area (Å²) in [6, 6.07) is 7.74. The number of ether oxygens (including phenoxy) is 2. The van der Waals surface area contributed by atoms with E-state index < -0.39 is 0 Å².